The fourth-order valence-electron chi connectivity index (χ4n) is 3.33. The van der Waals surface area contributed by atoms with Crippen LogP contribution in [0.1, 0.15) is 65.0 Å². The summed E-state index contributed by atoms with van der Waals surface area (Å²) in [5, 5.41) is 0.130. The maximum absolute atomic E-state index is 14.9. The molecule has 0 spiro atoms. The van der Waals surface area contributed by atoms with Crippen molar-refractivity contribution in [3.05, 3.63) is 52.6 Å². The van der Waals surface area contributed by atoms with E-state index in [0.717, 1.165) is 5.92 Å². The summed E-state index contributed by atoms with van der Waals surface area (Å²) in [6, 6.07) is 3.29. The van der Waals surface area contributed by atoms with Crippen LogP contribution in [0.3, 0.4) is 0 Å². The molecule has 9 heteroatoms. The van der Waals surface area contributed by atoms with E-state index in [-0.39, 0.29) is 10.7 Å². The van der Waals surface area contributed by atoms with Crippen LogP contribution in [0, 0.1) is 11.7 Å². The fourth-order valence-corrected chi connectivity index (χ4v) is 3.43. The number of hydrogen-bond acceptors (Lipinski definition) is 6. The van der Waals surface area contributed by atoms with Crippen LogP contribution in [-0.4, -0.2) is 66.1 Å². The lowest BCUT2D eigenvalue weighted by Crippen LogP contribution is -2.19. The number of allylic oxidation sites excluding steroid dienone is 2. The Kier molecular flexibility index (Phi) is 33.0. The van der Waals surface area contributed by atoms with Crippen molar-refractivity contribution in [2.24, 2.45) is 37.4 Å². The second-order valence-corrected chi connectivity index (χ2v) is 8.04. The molecule has 0 heterocycles. The van der Waals surface area contributed by atoms with Gasteiger partial charge in [-0.25, -0.2) is 9.38 Å². The predicted molar refractivity (Wildman–Crippen MR) is 179 cm³/mol. The predicted octanol–water partition coefficient (Wildman–Crippen LogP) is 7.59. The zero-order valence-corrected chi connectivity index (χ0v) is 26.5. The van der Waals surface area contributed by atoms with E-state index in [1.165, 1.54) is 52.0 Å². The first-order valence-electron chi connectivity index (χ1n) is 13.0. The van der Waals surface area contributed by atoms with Crippen molar-refractivity contribution in [3.8, 4) is 0 Å². The molecule has 0 saturated heterocycles. The highest BCUT2D eigenvalue weighted by Crippen LogP contribution is 2.33. The Balaban J connectivity index is -0.000000341. The van der Waals surface area contributed by atoms with E-state index >= 15 is 0 Å². The van der Waals surface area contributed by atoms with Crippen molar-refractivity contribution < 1.29 is 4.39 Å². The lowest BCUT2D eigenvalue weighted by Gasteiger charge is -2.15. The molecule has 1 atom stereocenters. The molecule has 0 bridgehead atoms. The first-order valence-corrected chi connectivity index (χ1v) is 13.4. The van der Waals surface area contributed by atoms with Gasteiger partial charge >= 0.3 is 0 Å². The third kappa shape index (κ3) is 19.0. The number of rotatable bonds is 12. The van der Waals surface area contributed by atoms with Crippen LogP contribution in [0.5, 0.6) is 0 Å². The molecule has 0 amide bonds. The number of nitrogens with zero attached hydrogens (tertiary/aromatic N) is 5. The third-order valence-electron chi connectivity index (χ3n) is 4.66. The van der Waals surface area contributed by atoms with Crippen LogP contribution in [0.4, 0.5) is 10.1 Å². The summed E-state index contributed by atoms with van der Waals surface area (Å²) >= 11 is 5.92. The molecule has 1 rings (SSSR count). The topological polar surface area (TPSA) is 105 Å². The highest BCUT2D eigenvalue weighted by molar-refractivity contribution is 6.29. The van der Waals surface area contributed by atoms with Gasteiger partial charge in [-0.05, 0) is 84.8 Å². The van der Waals surface area contributed by atoms with Crippen LogP contribution < -0.4 is 11.5 Å². The normalized spacial score (nSPS) is 11.6. The summed E-state index contributed by atoms with van der Waals surface area (Å²) in [5.41, 5.74) is 11.1. The number of benzene rings is 1. The zero-order chi connectivity index (χ0) is 31.4. The summed E-state index contributed by atoms with van der Waals surface area (Å²) in [6.07, 6.45) is 7.31. The van der Waals surface area contributed by atoms with E-state index in [1.807, 2.05) is 20.8 Å². The van der Waals surface area contributed by atoms with Crippen molar-refractivity contribution in [2.75, 3.05) is 34.7 Å². The number of aliphatic imine (C=N–C) groups is 4. The first kappa shape index (κ1) is 43.3. The van der Waals surface area contributed by atoms with E-state index in [0.29, 0.717) is 28.9 Å². The highest BCUT2D eigenvalue weighted by atomic mass is 35.5. The third-order valence-corrected chi connectivity index (χ3v) is 4.89. The number of hydrogen-bond donors (Lipinski definition) is 2. The van der Waals surface area contributed by atoms with Gasteiger partial charge in [-0.1, -0.05) is 65.3 Å². The molecule has 0 radical (unpaired) electrons. The average molecular weight is 566 g/mol. The van der Waals surface area contributed by atoms with E-state index in [2.05, 4.69) is 91.0 Å². The minimum Gasteiger partial charge on any atom is -0.333 e. The second kappa shape index (κ2) is 29.8. The SMILES string of the molecule is C=Cc1c(N=C)ccc(/C(CC)=C(/C=C(/Cl)N=C)N=CN=C)c1F.CC.CCCC(C)CN(C)C.CN.CN. The van der Waals surface area contributed by atoms with Crippen LogP contribution in [0.15, 0.2) is 55.6 Å². The van der Waals surface area contributed by atoms with Gasteiger partial charge in [-0.3, -0.25) is 15.0 Å². The molecule has 0 aromatic heterocycles. The Bertz CT molecular complexity index is 907. The summed E-state index contributed by atoms with van der Waals surface area (Å²) < 4.78 is 14.9. The van der Waals surface area contributed by atoms with Crippen LogP contribution in [-0.2, 0) is 0 Å². The molecule has 1 aromatic carbocycles. The summed E-state index contributed by atoms with van der Waals surface area (Å²) in [5.74, 6) is 0.409. The van der Waals surface area contributed by atoms with E-state index in [9.17, 15) is 4.39 Å². The molecule has 1 aromatic rings. The number of halogens is 2. The Labute approximate surface area is 243 Å². The molecule has 0 aliphatic heterocycles. The standard InChI is InChI=1S/C18H18ClFN4.C8H19N.C2H6.2CH5N/c1-6-12(16(24-11-21-3)10-17(19)23-5)14-8-9-15(22-4)13(7-2)18(14)20;1-5-6-8(2)7-9(3)4;3*1-2/h7-11H,2-6H2,1H3;8H,5-7H2,1-4H3;1-2H3;2*2H2,1H3/b16-12-,17-10-,24-11?;;;;. The lowest BCUT2D eigenvalue weighted by molar-refractivity contribution is 0.326. The quantitative estimate of drug-likeness (QED) is 0.118. The molecule has 0 saturated carbocycles. The molecule has 0 aliphatic rings. The van der Waals surface area contributed by atoms with Gasteiger partial charge in [0.2, 0.25) is 0 Å². The van der Waals surface area contributed by atoms with Gasteiger partial charge in [-0.15, -0.1) is 0 Å². The Morgan fingerprint density at radius 1 is 1.10 bits per heavy atom. The molecule has 0 aliphatic carbocycles. The van der Waals surface area contributed by atoms with Crippen LogP contribution in [0.25, 0.3) is 11.6 Å². The maximum atomic E-state index is 14.9. The highest BCUT2D eigenvalue weighted by Gasteiger charge is 2.16. The molecule has 39 heavy (non-hydrogen) atoms. The minimum atomic E-state index is -0.456. The summed E-state index contributed by atoms with van der Waals surface area (Å²) in [7, 11) is 7.26. The summed E-state index contributed by atoms with van der Waals surface area (Å²) in [6.45, 7) is 25.4. The van der Waals surface area contributed by atoms with E-state index in [1.54, 1.807) is 12.1 Å². The van der Waals surface area contributed by atoms with E-state index < -0.39 is 5.82 Å². The lowest BCUT2D eigenvalue weighted by atomic mass is 9.97. The summed E-state index contributed by atoms with van der Waals surface area (Å²) in [4.78, 5) is 17.4. The van der Waals surface area contributed by atoms with Crippen LogP contribution >= 0.6 is 11.6 Å². The first-order chi connectivity index (χ1) is 18.7. The van der Waals surface area contributed by atoms with Gasteiger partial charge in [0.25, 0.3) is 0 Å². The van der Waals surface area contributed by atoms with Crippen molar-refractivity contribution in [1.29, 1.82) is 0 Å². The van der Waals surface area contributed by atoms with Gasteiger partial charge in [-0.2, -0.15) is 0 Å². The van der Waals surface area contributed by atoms with Gasteiger partial charge in [0.1, 0.15) is 17.3 Å². The zero-order valence-electron chi connectivity index (χ0n) is 25.8. The molecule has 7 nitrogen and oxygen atoms in total. The Hall–Kier alpha value is -2.78. The van der Waals surface area contributed by atoms with Crippen molar-refractivity contribution in [2.45, 2.75) is 53.9 Å². The molecule has 4 N–H and O–H groups in total. The van der Waals surface area contributed by atoms with Gasteiger partial charge in [0.05, 0.1) is 11.4 Å². The van der Waals surface area contributed by atoms with Crippen molar-refractivity contribution in [3.63, 3.8) is 0 Å². The monoisotopic (exact) mass is 565 g/mol. The molecule has 0 fully saturated rings. The largest absolute Gasteiger partial charge is 0.333 e. The van der Waals surface area contributed by atoms with Crippen molar-refractivity contribution in [1.82, 2.24) is 4.90 Å². The number of nitrogens with two attached hydrogens (primary N) is 2. The minimum absolute atomic E-state index is 0.130. The van der Waals surface area contributed by atoms with E-state index in [4.69, 9.17) is 11.6 Å². The fraction of sp³-hybridized carbons (Fsp3) is 0.467. The van der Waals surface area contributed by atoms with Gasteiger partial charge in [0, 0.05) is 23.7 Å². The molecular formula is C30H53ClFN7. The second-order valence-electron chi connectivity index (χ2n) is 7.65. The molecular weight excluding hydrogens is 513 g/mol. The maximum Gasteiger partial charge on any atom is 0.140 e. The Morgan fingerprint density at radius 2 is 1.67 bits per heavy atom. The smallest absolute Gasteiger partial charge is 0.140 e. The average Bonchev–Trinajstić information content (AvgIpc) is 2.95. The Morgan fingerprint density at radius 3 is 2.05 bits per heavy atom. The van der Waals surface area contributed by atoms with Gasteiger partial charge < -0.3 is 16.4 Å². The molecule has 222 valence electrons. The molecule has 1 unspecified atom stereocenters. The van der Waals surface area contributed by atoms with Crippen molar-refractivity contribution >= 4 is 55.4 Å². The van der Waals surface area contributed by atoms with Gasteiger partial charge in [0.15, 0.2) is 0 Å². The van der Waals surface area contributed by atoms with Crippen LogP contribution in [0.2, 0.25) is 0 Å².